The Hall–Kier alpha value is -3.56. The maximum absolute atomic E-state index is 13.0. The third-order valence-electron chi connectivity index (χ3n) is 4.88. The van der Waals surface area contributed by atoms with E-state index in [0.29, 0.717) is 17.1 Å². The number of para-hydroxylation sites is 1. The molecule has 6 heteroatoms. The van der Waals surface area contributed by atoms with Gasteiger partial charge in [-0.25, -0.2) is 8.42 Å². The first kappa shape index (κ1) is 22.1. The van der Waals surface area contributed by atoms with Gasteiger partial charge in [0.05, 0.1) is 12.0 Å². The van der Waals surface area contributed by atoms with Crippen LogP contribution >= 0.6 is 0 Å². The van der Waals surface area contributed by atoms with Crippen molar-refractivity contribution >= 4 is 15.9 Å². The largest absolute Gasteiger partial charge is 0.493 e. The maximum atomic E-state index is 13.0. The van der Waals surface area contributed by atoms with Gasteiger partial charge in [0.25, 0.3) is 0 Å². The number of aryl methyl sites for hydroxylation is 2. The van der Waals surface area contributed by atoms with E-state index in [1.54, 1.807) is 30.3 Å². The highest BCUT2D eigenvalue weighted by molar-refractivity contribution is 7.95. The van der Waals surface area contributed by atoms with Gasteiger partial charge in [-0.2, -0.15) is 5.26 Å². The summed E-state index contributed by atoms with van der Waals surface area (Å²) >= 11 is 0. The highest BCUT2D eigenvalue weighted by Crippen LogP contribution is 2.34. The number of methoxy groups -OCH3 is 1. The van der Waals surface area contributed by atoms with E-state index in [-0.39, 0.29) is 16.4 Å². The molecule has 0 fully saturated rings. The van der Waals surface area contributed by atoms with Crippen molar-refractivity contribution in [2.45, 2.75) is 25.3 Å². The smallest absolute Gasteiger partial charge is 0.216 e. The summed E-state index contributed by atoms with van der Waals surface area (Å²) in [6.45, 7) is 4.13. The van der Waals surface area contributed by atoms with Crippen LogP contribution in [-0.2, 0) is 16.4 Å². The molecule has 31 heavy (non-hydrogen) atoms. The highest BCUT2D eigenvalue weighted by atomic mass is 32.2. The first-order valence-corrected chi connectivity index (χ1v) is 11.1. The molecule has 3 rings (SSSR count). The van der Waals surface area contributed by atoms with E-state index in [9.17, 15) is 13.7 Å². The molecule has 3 aromatic rings. The SMILES string of the molecule is COc1cccc(C=C(C#N)S(=O)(=O)c2ccc(C)cc2)c1OCc1ccccc1C. The number of ether oxygens (including phenoxy) is 2. The average Bonchev–Trinajstić information content (AvgIpc) is 2.77. The molecule has 0 spiro atoms. The number of sulfone groups is 1. The Labute approximate surface area is 183 Å². The summed E-state index contributed by atoms with van der Waals surface area (Å²) in [6.07, 6.45) is 1.32. The Bertz CT molecular complexity index is 1250. The van der Waals surface area contributed by atoms with Crippen LogP contribution in [0.1, 0.15) is 22.3 Å². The molecular weight excluding hydrogens is 410 g/mol. The summed E-state index contributed by atoms with van der Waals surface area (Å²) in [6, 6.07) is 21.2. The minimum absolute atomic E-state index is 0.0659. The zero-order chi connectivity index (χ0) is 22.4. The van der Waals surface area contributed by atoms with Crippen LogP contribution in [0.15, 0.2) is 76.5 Å². The van der Waals surface area contributed by atoms with Crippen molar-refractivity contribution in [2.24, 2.45) is 0 Å². The van der Waals surface area contributed by atoms with Gasteiger partial charge in [-0.3, -0.25) is 0 Å². The molecule has 158 valence electrons. The minimum Gasteiger partial charge on any atom is -0.493 e. The third-order valence-corrected chi connectivity index (χ3v) is 6.56. The lowest BCUT2D eigenvalue weighted by Crippen LogP contribution is -2.05. The summed E-state index contributed by atoms with van der Waals surface area (Å²) in [5.41, 5.74) is 3.45. The molecule has 0 unspecified atom stereocenters. The maximum Gasteiger partial charge on any atom is 0.216 e. The molecule has 0 radical (unpaired) electrons. The van der Waals surface area contributed by atoms with Crippen molar-refractivity contribution in [3.8, 4) is 17.6 Å². The number of benzene rings is 3. The second-order valence-corrected chi connectivity index (χ2v) is 8.95. The zero-order valence-electron chi connectivity index (χ0n) is 17.6. The Morgan fingerprint density at radius 1 is 1.00 bits per heavy atom. The van der Waals surface area contributed by atoms with Gasteiger partial charge in [-0.05, 0) is 49.2 Å². The van der Waals surface area contributed by atoms with Gasteiger partial charge in [-0.1, -0.05) is 54.1 Å². The molecule has 0 bridgehead atoms. The van der Waals surface area contributed by atoms with Gasteiger partial charge in [0, 0.05) is 5.56 Å². The van der Waals surface area contributed by atoms with E-state index in [0.717, 1.165) is 16.7 Å². The van der Waals surface area contributed by atoms with Crippen molar-refractivity contribution in [2.75, 3.05) is 7.11 Å². The molecule has 0 aliphatic heterocycles. The zero-order valence-corrected chi connectivity index (χ0v) is 18.4. The van der Waals surface area contributed by atoms with Gasteiger partial charge < -0.3 is 9.47 Å². The number of rotatable bonds is 7. The van der Waals surface area contributed by atoms with Crippen molar-refractivity contribution in [3.63, 3.8) is 0 Å². The van der Waals surface area contributed by atoms with Gasteiger partial charge >= 0.3 is 0 Å². The Morgan fingerprint density at radius 2 is 1.71 bits per heavy atom. The topological polar surface area (TPSA) is 76.4 Å². The second-order valence-electron chi connectivity index (χ2n) is 7.03. The first-order chi connectivity index (χ1) is 14.9. The fraction of sp³-hybridized carbons (Fsp3) is 0.160. The lowest BCUT2D eigenvalue weighted by atomic mass is 10.1. The van der Waals surface area contributed by atoms with E-state index >= 15 is 0 Å². The Morgan fingerprint density at radius 3 is 2.35 bits per heavy atom. The molecule has 3 aromatic carbocycles. The van der Waals surface area contributed by atoms with E-state index in [4.69, 9.17) is 9.47 Å². The molecule has 5 nitrogen and oxygen atoms in total. The normalized spacial score (nSPS) is 11.6. The summed E-state index contributed by atoms with van der Waals surface area (Å²) in [4.78, 5) is -0.304. The highest BCUT2D eigenvalue weighted by Gasteiger charge is 2.22. The van der Waals surface area contributed by atoms with Crippen LogP contribution in [0.25, 0.3) is 6.08 Å². The summed E-state index contributed by atoms with van der Waals surface area (Å²) in [7, 11) is -2.46. The minimum atomic E-state index is -3.97. The molecule has 0 aromatic heterocycles. The Balaban J connectivity index is 2.03. The lowest BCUT2D eigenvalue weighted by Gasteiger charge is -2.15. The molecule has 0 atom stereocenters. The van der Waals surface area contributed by atoms with Crippen LogP contribution < -0.4 is 9.47 Å². The van der Waals surface area contributed by atoms with Crippen molar-refractivity contribution in [3.05, 3.63) is 93.9 Å². The van der Waals surface area contributed by atoms with Crippen LogP contribution in [0, 0.1) is 25.2 Å². The van der Waals surface area contributed by atoms with E-state index in [2.05, 4.69) is 0 Å². The standard InChI is InChI=1S/C25H23NO4S/c1-18-11-13-22(14-12-18)31(27,28)23(16-26)15-20-9-6-10-24(29-3)25(20)30-17-21-8-5-4-7-19(21)2/h4-15H,17H2,1-3H3. The van der Waals surface area contributed by atoms with Crippen LogP contribution in [0.4, 0.5) is 0 Å². The monoisotopic (exact) mass is 433 g/mol. The van der Waals surface area contributed by atoms with Crippen LogP contribution in [0.3, 0.4) is 0 Å². The summed E-state index contributed by atoms with van der Waals surface area (Å²) in [5, 5.41) is 9.63. The summed E-state index contributed by atoms with van der Waals surface area (Å²) < 4.78 is 37.5. The fourth-order valence-corrected chi connectivity index (χ4v) is 4.19. The van der Waals surface area contributed by atoms with Gasteiger partial charge in [-0.15, -0.1) is 0 Å². The molecule has 0 saturated carbocycles. The average molecular weight is 434 g/mol. The van der Waals surface area contributed by atoms with E-state index in [1.165, 1.54) is 25.3 Å². The predicted molar refractivity (Wildman–Crippen MR) is 120 cm³/mol. The van der Waals surface area contributed by atoms with Crippen molar-refractivity contribution in [1.29, 1.82) is 5.26 Å². The number of hydrogen-bond acceptors (Lipinski definition) is 5. The molecule has 0 aliphatic rings. The Kier molecular flexibility index (Phi) is 6.78. The van der Waals surface area contributed by atoms with Gasteiger partial charge in [0.2, 0.25) is 9.84 Å². The molecular formula is C25H23NO4S. The van der Waals surface area contributed by atoms with Gasteiger partial charge in [0.1, 0.15) is 17.6 Å². The second kappa shape index (κ2) is 9.50. The summed E-state index contributed by atoms with van der Waals surface area (Å²) in [5.74, 6) is 0.826. The lowest BCUT2D eigenvalue weighted by molar-refractivity contribution is 0.283. The van der Waals surface area contributed by atoms with Crippen LogP contribution in [0.5, 0.6) is 11.5 Å². The van der Waals surface area contributed by atoms with Crippen molar-refractivity contribution < 1.29 is 17.9 Å². The van der Waals surface area contributed by atoms with Gasteiger partial charge in [0.15, 0.2) is 11.5 Å². The molecule has 0 aliphatic carbocycles. The van der Waals surface area contributed by atoms with E-state index < -0.39 is 9.84 Å². The molecule has 0 heterocycles. The fourth-order valence-electron chi connectivity index (χ4n) is 3.04. The molecule has 0 amide bonds. The number of allylic oxidation sites excluding steroid dienone is 1. The number of nitrogens with zero attached hydrogens (tertiary/aromatic N) is 1. The third kappa shape index (κ3) is 4.96. The van der Waals surface area contributed by atoms with Crippen molar-refractivity contribution in [1.82, 2.24) is 0 Å². The number of hydrogen-bond donors (Lipinski definition) is 0. The quantitative estimate of drug-likeness (QED) is 0.477. The first-order valence-electron chi connectivity index (χ1n) is 9.64. The molecule has 0 N–H and O–H groups in total. The number of nitriles is 1. The van der Waals surface area contributed by atoms with E-state index in [1.807, 2.05) is 44.2 Å². The predicted octanol–water partition coefficient (Wildman–Crippen LogP) is 5.23. The van der Waals surface area contributed by atoms with Crippen LogP contribution in [-0.4, -0.2) is 15.5 Å². The molecule has 0 saturated heterocycles. The van der Waals surface area contributed by atoms with Crippen LogP contribution in [0.2, 0.25) is 0 Å².